The van der Waals surface area contributed by atoms with Crippen molar-refractivity contribution in [1.29, 1.82) is 0 Å². The van der Waals surface area contributed by atoms with Crippen LogP contribution in [0.15, 0.2) is 22.5 Å². The zero-order chi connectivity index (χ0) is 19.3. The zero-order valence-electron chi connectivity index (χ0n) is 16.9. The summed E-state index contributed by atoms with van der Waals surface area (Å²) in [6, 6.07) is 4.80. The second-order valence-electron chi connectivity index (χ2n) is 7.84. The average molecular weight is 402 g/mol. The molecule has 0 radical (unpaired) electrons. The van der Waals surface area contributed by atoms with Crippen molar-refractivity contribution in [1.82, 2.24) is 30.3 Å². The SMILES string of the molecule is CN=C(NCc1nnc2n1CCC2)NCC(c1cccs1)N1CCC(C)CC1. The van der Waals surface area contributed by atoms with Crippen LogP contribution < -0.4 is 10.6 Å². The lowest BCUT2D eigenvalue weighted by Crippen LogP contribution is -2.45. The topological polar surface area (TPSA) is 70.4 Å². The third-order valence-electron chi connectivity index (χ3n) is 5.92. The van der Waals surface area contributed by atoms with Gasteiger partial charge in [-0.2, -0.15) is 0 Å². The first-order chi connectivity index (χ1) is 13.7. The highest BCUT2D eigenvalue weighted by Gasteiger charge is 2.25. The molecule has 2 N–H and O–H groups in total. The molecule has 1 saturated heterocycles. The minimum atomic E-state index is 0.392. The van der Waals surface area contributed by atoms with E-state index < -0.39 is 0 Å². The molecule has 28 heavy (non-hydrogen) atoms. The van der Waals surface area contributed by atoms with Crippen molar-refractivity contribution in [2.24, 2.45) is 10.9 Å². The maximum Gasteiger partial charge on any atom is 0.191 e. The second kappa shape index (κ2) is 9.05. The van der Waals surface area contributed by atoms with Crippen LogP contribution in [-0.4, -0.2) is 52.3 Å². The van der Waals surface area contributed by atoms with Gasteiger partial charge in [0.2, 0.25) is 0 Å². The lowest BCUT2D eigenvalue weighted by Gasteiger charge is -2.36. The fraction of sp³-hybridized carbons (Fsp3) is 0.650. The van der Waals surface area contributed by atoms with E-state index in [-0.39, 0.29) is 0 Å². The molecular weight excluding hydrogens is 370 g/mol. The highest BCUT2D eigenvalue weighted by atomic mass is 32.1. The molecule has 2 aromatic rings. The third-order valence-corrected chi connectivity index (χ3v) is 6.89. The van der Waals surface area contributed by atoms with Gasteiger partial charge in [0.15, 0.2) is 11.8 Å². The minimum Gasteiger partial charge on any atom is -0.354 e. The van der Waals surface area contributed by atoms with Gasteiger partial charge in [-0.1, -0.05) is 13.0 Å². The molecule has 4 rings (SSSR count). The van der Waals surface area contributed by atoms with Crippen LogP contribution in [-0.2, 0) is 19.5 Å². The highest BCUT2D eigenvalue weighted by Crippen LogP contribution is 2.29. The largest absolute Gasteiger partial charge is 0.354 e. The number of nitrogens with one attached hydrogen (secondary N) is 2. The van der Waals surface area contributed by atoms with E-state index in [9.17, 15) is 0 Å². The number of piperidine rings is 1. The molecule has 4 heterocycles. The van der Waals surface area contributed by atoms with Gasteiger partial charge in [0, 0.05) is 31.4 Å². The number of thiophene rings is 1. The Labute approximate surface area is 171 Å². The summed E-state index contributed by atoms with van der Waals surface area (Å²) >= 11 is 1.85. The monoisotopic (exact) mass is 401 g/mol. The summed E-state index contributed by atoms with van der Waals surface area (Å²) in [5.41, 5.74) is 0. The lowest BCUT2D eigenvalue weighted by molar-refractivity contribution is 0.140. The molecule has 0 bridgehead atoms. The van der Waals surface area contributed by atoms with Gasteiger partial charge in [-0.25, -0.2) is 0 Å². The van der Waals surface area contributed by atoms with Crippen molar-refractivity contribution in [3.05, 3.63) is 34.0 Å². The Morgan fingerprint density at radius 2 is 2.14 bits per heavy atom. The van der Waals surface area contributed by atoms with E-state index in [2.05, 4.69) is 59.7 Å². The Hall–Kier alpha value is -1.93. The number of guanidine groups is 1. The predicted octanol–water partition coefficient (Wildman–Crippen LogP) is 2.42. The van der Waals surface area contributed by atoms with E-state index in [4.69, 9.17) is 0 Å². The molecule has 8 heteroatoms. The first-order valence-corrected chi connectivity index (χ1v) is 11.3. The molecule has 0 saturated carbocycles. The van der Waals surface area contributed by atoms with Crippen molar-refractivity contribution in [3.8, 4) is 0 Å². The summed E-state index contributed by atoms with van der Waals surface area (Å²) in [6.07, 6.45) is 4.78. The highest BCUT2D eigenvalue weighted by molar-refractivity contribution is 7.10. The molecule has 7 nitrogen and oxygen atoms in total. The molecule has 2 aliphatic rings. The van der Waals surface area contributed by atoms with Gasteiger partial charge in [0.05, 0.1) is 12.6 Å². The van der Waals surface area contributed by atoms with Crippen molar-refractivity contribution in [2.75, 3.05) is 26.7 Å². The van der Waals surface area contributed by atoms with Gasteiger partial charge >= 0.3 is 0 Å². The van der Waals surface area contributed by atoms with Crippen molar-refractivity contribution >= 4 is 17.3 Å². The van der Waals surface area contributed by atoms with Crippen LogP contribution in [0.4, 0.5) is 0 Å². The summed E-state index contributed by atoms with van der Waals surface area (Å²) < 4.78 is 2.23. The van der Waals surface area contributed by atoms with Crippen LogP contribution in [0.1, 0.15) is 48.8 Å². The number of rotatable bonds is 6. The minimum absolute atomic E-state index is 0.392. The Bertz CT molecular complexity index is 775. The maximum atomic E-state index is 4.41. The quantitative estimate of drug-likeness (QED) is 0.575. The number of aromatic nitrogens is 3. The molecule has 2 aromatic heterocycles. The van der Waals surface area contributed by atoms with Crippen LogP contribution in [0.3, 0.4) is 0 Å². The Morgan fingerprint density at radius 3 is 2.89 bits per heavy atom. The summed E-state index contributed by atoms with van der Waals surface area (Å²) in [6.45, 7) is 7.23. The Morgan fingerprint density at radius 1 is 1.29 bits per heavy atom. The number of aliphatic imine (C=N–C) groups is 1. The number of aryl methyl sites for hydroxylation is 1. The first-order valence-electron chi connectivity index (χ1n) is 10.4. The van der Waals surface area contributed by atoms with E-state index in [1.165, 1.54) is 37.2 Å². The van der Waals surface area contributed by atoms with Crippen molar-refractivity contribution in [3.63, 3.8) is 0 Å². The maximum absolute atomic E-state index is 4.41. The Balaban J connectivity index is 1.35. The fourth-order valence-corrected chi connectivity index (χ4v) is 5.01. The van der Waals surface area contributed by atoms with Crippen LogP contribution >= 0.6 is 11.3 Å². The summed E-state index contributed by atoms with van der Waals surface area (Å²) in [5.74, 6) is 3.77. The number of hydrogen-bond acceptors (Lipinski definition) is 5. The molecule has 0 aromatic carbocycles. The molecule has 0 aliphatic carbocycles. The molecule has 0 spiro atoms. The second-order valence-corrected chi connectivity index (χ2v) is 8.82. The smallest absolute Gasteiger partial charge is 0.191 e. The molecule has 1 fully saturated rings. The lowest BCUT2D eigenvalue weighted by atomic mass is 9.97. The average Bonchev–Trinajstić information content (AvgIpc) is 3.45. The van der Waals surface area contributed by atoms with Gasteiger partial charge in [-0.05, 0) is 49.7 Å². The standard InChI is InChI=1S/C20H31N7S/c1-15-7-10-26(11-8-15)16(17-5-4-12-28-17)13-22-20(21-2)23-14-19-25-24-18-6-3-9-27(18)19/h4-5,12,15-16H,3,6-11,13-14H2,1-2H3,(H2,21,22,23). The van der Waals surface area contributed by atoms with Gasteiger partial charge in [-0.15, -0.1) is 21.5 Å². The number of nitrogens with zero attached hydrogens (tertiary/aromatic N) is 5. The van der Waals surface area contributed by atoms with Crippen LogP contribution in [0, 0.1) is 5.92 Å². The summed E-state index contributed by atoms with van der Waals surface area (Å²) in [4.78, 5) is 8.46. The van der Waals surface area contributed by atoms with Gasteiger partial charge in [0.25, 0.3) is 0 Å². The third kappa shape index (κ3) is 4.38. The molecule has 1 unspecified atom stereocenters. The van der Waals surface area contributed by atoms with Crippen LogP contribution in [0.2, 0.25) is 0 Å². The van der Waals surface area contributed by atoms with E-state index >= 15 is 0 Å². The molecule has 2 aliphatic heterocycles. The number of fused-ring (bicyclic) bond motifs is 1. The van der Waals surface area contributed by atoms with Crippen LogP contribution in [0.25, 0.3) is 0 Å². The van der Waals surface area contributed by atoms with E-state index in [1.807, 2.05) is 18.4 Å². The van der Waals surface area contributed by atoms with Crippen LogP contribution in [0.5, 0.6) is 0 Å². The summed E-state index contributed by atoms with van der Waals surface area (Å²) in [5, 5.41) is 17.7. The van der Waals surface area contributed by atoms with E-state index in [1.54, 1.807) is 0 Å². The molecule has 152 valence electrons. The fourth-order valence-electron chi connectivity index (χ4n) is 4.15. The first kappa shape index (κ1) is 19.4. The number of likely N-dealkylation sites (tertiary alicyclic amines) is 1. The molecular formula is C20H31N7S. The van der Waals surface area contributed by atoms with Gasteiger partial charge < -0.3 is 15.2 Å². The Kier molecular flexibility index (Phi) is 6.26. The molecule has 0 amide bonds. The van der Waals surface area contributed by atoms with E-state index in [0.29, 0.717) is 12.6 Å². The zero-order valence-corrected chi connectivity index (χ0v) is 17.7. The van der Waals surface area contributed by atoms with Gasteiger partial charge in [-0.3, -0.25) is 9.89 Å². The molecule has 1 atom stereocenters. The van der Waals surface area contributed by atoms with Crippen molar-refractivity contribution < 1.29 is 0 Å². The normalized spacial score (nSPS) is 19.6. The predicted molar refractivity (Wildman–Crippen MR) is 114 cm³/mol. The number of hydrogen-bond donors (Lipinski definition) is 2. The summed E-state index contributed by atoms with van der Waals surface area (Å²) in [7, 11) is 1.83. The van der Waals surface area contributed by atoms with Crippen molar-refractivity contribution in [2.45, 2.75) is 51.7 Å². The van der Waals surface area contributed by atoms with Gasteiger partial charge in [0.1, 0.15) is 5.82 Å². The van der Waals surface area contributed by atoms with E-state index in [0.717, 1.165) is 43.0 Å².